The van der Waals surface area contributed by atoms with Crippen molar-refractivity contribution >= 4 is 21.9 Å². The molecular weight excluding hydrogens is 300 g/mol. The highest BCUT2D eigenvalue weighted by Crippen LogP contribution is 2.35. The highest BCUT2D eigenvalue weighted by Gasteiger charge is 2.28. The molecule has 0 amide bonds. The van der Waals surface area contributed by atoms with E-state index in [2.05, 4.69) is 0 Å². The largest absolute Gasteiger partial charge is 0.483 e. The van der Waals surface area contributed by atoms with Crippen LogP contribution in [0.1, 0.15) is 13.8 Å². The minimum atomic E-state index is -0.872. The van der Waals surface area contributed by atoms with Crippen molar-refractivity contribution in [3.8, 4) is 5.75 Å². The Morgan fingerprint density at radius 1 is 1.22 bits per heavy atom. The van der Waals surface area contributed by atoms with Crippen molar-refractivity contribution in [2.75, 3.05) is 13.7 Å². The molecule has 0 saturated carbocycles. The third-order valence-electron chi connectivity index (χ3n) is 4.00. The van der Waals surface area contributed by atoms with Gasteiger partial charge in [-0.15, -0.1) is 0 Å². The summed E-state index contributed by atoms with van der Waals surface area (Å²) in [6.45, 7) is 3.48. The summed E-state index contributed by atoms with van der Waals surface area (Å²) in [5, 5.41) is 11.8. The Morgan fingerprint density at radius 2 is 1.96 bits per heavy atom. The summed E-state index contributed by atoms with van der Waals surface area (Å²) < 4.78 is 21.7. The lowest BCUT2D eigenvalue weighted by Crippen LogP contribution is -2.42. The van der Waals surface area contributed by atoms with Crippen LogP contribution in [0.4, 0.5) is 0 Å². The van der Waals surface area contributed by atoms with E-state index >= 15 is 0 Å². The second-order valence-corrected chi connectivity index (χ2v) is 5.85. The molecule has 0 spiro atoms. The van der Waals surface area contributed by atoms with Crippen molar-refractivity contribution in [2.45, 2.75) is 25.6 Å². The van der Waals surface area contributed by atoms with Gasteiger partial charge < -0.3 is 23.4 Å². The molecule has 0 aliphatic carbocycles. The SMILES string of the molecule is COC(C)(C)C(O)COc1c2occc2cc2ccc(=O)oc12. The molecule has 0 saturated heterocycles. The zero-order valence-electron chi connectivity index (χ0n) is 13.2. The number of benzene rings is 1. The molecule has 6 heteroatoms. The Bertz CT molecular complexity index is 889. The van der Waals surface area contributed by atoms with E-state index in [-0.39, 0.29) is 6.61 Å². The third kappa shape index (κ3) is 2.83. The monoisotopic (exact) mass is 318 g/mol. The maximum atomic E-state index is 11.5. The lowest BCUT2D eigenvalue weighted by Gasteiger charge is -2.28. The van der Waals surface area contributed by atoms with Crippen molar-refractivity contribution in [3.05, 3.63) is 40.9 Å². The van der Waals surface area contributed by atoms with E-state index in [0.29, 0.717) is 22.3 Å². The lowest BCUT2D eigenvalue weighted by molar-refractivity contribution is -0.0913. The Hall–Kier alpha value is -2.31. The van der Waals surface area contributed by atoms with Crippen molar-refractivity contribution in [2.24, 2.45) is 0 Å². The quantitative estimate of drug-likeness (QED) is 0.728. The van der Waals surface area contributed by atoms with Crippen LogP contribution < -0.4 is 10.4 Å². The molecule has 1 unspecified atom stereocenters. The Morgan fingerprint density at radius 3 is 2.70 bits per heavy atom. The zero-order chi connectivity index (χ0) is 16.6. The van der Waals surface area contributed by atoms with E-state index in [1.54, 1.807) is 26.0 Å². The molecule has 122 valence electrons. The van der Waals surface area contributed by atoms with Crippen LogP contribution in [0, 0.1) is 0 Å². The average molecular weight is 318 g/mol. The summed E-state index contributed by atoms with van der Waals surface area (Å²) in [6, 6.07) is 6.65. The molecule has 2 heterocycles. The van der Waals surface area contributed by atoms with E-state index < -0.39 is 17.3 Å². The van der Waals surface area contributed by atoms with Gasteiger partial charge in [0.25, 0.3) is 0 Å². The molecule has 6 nitrogen and oxygen atoms in total. The van der Waals surface area contributed by atoms with Gasteiger partial charge in [-0.2, -0.15) is 0 Å². The van der Waals surface area contributed by atoms with Crippen molar-refractivity contribution in [3.63, 3.8) is 0 Å². The first kappa shape index (κ1) is 15.6. The second-order valence-electron chi connectivity index (χ2n) is 5.85. The maximum absolute atomic E-state index is 11.5. The van der Waals surface area contributed by atoms with E-state index in [1.165, 1.54) is 19.4 Å². The Balaban J connectivity index is 2.05. The fourth-order valence-corrected chi connectivity index (χ4v) is 2.24. The van der Waals surface area contributed by atoms with Gasteiger partial charge in [-0.05, 0) is 32.0 Å². The molecular formula is C17H18O6. The lowest BCUT2D eigenvalue weighted by atomic mass is 10.0. The number of methoxy groups -OCH3 is 1. The van der Waals surface area contributed by atoms with Gasteiger partial charge in [-0.3, -0.25) is 0 Å². The van der Waals surface area contributed by atoms with Gasteiger partial charge in [0.15, 0.2) is 11.2 Å². The number of rotatable bonds is 5. The van der Waals surface area contributed by atoms with Crippen molar-refractivity contribution < 1.29 is 23.4 Å². The molecule has 2 aromatic heterocycles. The number of aliphatic hydroxyl groups excluding tert-OH is 1. The Kier molecular flexibility index (Phi) is 3.87. The number of hydrogen-bond donors (Lipinski definition) is 1. The first-order chi connectivity index (χ1) is 10.9. The van der Waals surface area contributed by atoms with E-state index in [0.717, 1.165) is 5.39 Å². The summed E-state index contributed by atoms with van der Waals surface area (Å²) in [5.74, 6) is 0.297. The highest BCUT2D eigenvalue weighted by molar-refractivity contribution is 5.99. The molecule has 3 aromatic rings. The smallest absolute Gasteiger partial charge is 0.336 e. The van der Waals surface area contributed by atoms with Crippen LogP contribution in [-0.4, -0.2) is 30.5 Å². The molecule has 0 aliphatic heterocycles. The minimum absolute atomic E-state index is 0.0334. The molecule has 23 heavy (non-hydrogen) atoms. The van der Waals surface area contributed by atoms with Gasteiger partial charge in [0.05, 0.1) is 11.9 Å². The second kappa shape index (κ2) is 5.72. The molecule has 1 N–H and O–H groups in total. The molecule has 0 bridgehead atoms. The molecule has 3 rings (SSSR count). The number of furan rings is 1. The summed E-state index contributed by atoms with van der Waals surface area (Å²) in [5.41, 5.74) is -0.490. The summed E-state index contributed by atoms with van der Waals surface area (Å²) in [6.07, 6.45) is 0.660. The van der Waals surface area contributed by atoms with Gasteiger partial charge in [0.2, 0.25) is 5.75 Å². The van der Waals surface area contributed by atoms with Crippen LogP contribution in [-0.2, 0) is 4.74 Å². The van der Waals surface area contributed by atoms with Crippen LogP contribution in [0.25, 0.3) is 21.9 Å². The van der Waals surface area contributed by atoms with Gasteiger partial charge in [-0.25, -0.2) is 4.79 Å². The van der Waals surface area contributed by atoms with Gasteiger partial charge >= 0.3 is 5.63 Å². The van der Waals surface area contributed by atoms with Gasteiger partial charge in [0.1, 0.15) is 12.7 Å². The third-order valence-corrected chi connectivity index (χ3v) is 4.00. The number of ether oxygens (including phenoxy) is 2. The predicted molar refractivity (Wildman–Crippen MR) is 84.8 cm³/mol. The topological polar surface area (TPSA) is 82.0 Å². The summed E-state index contributed by atoms with van der Waals surface area (Å²) in [4.78, 5) is 11.5. The molecule has 1 atom stereocenters. The average Bonchev–Trinajstić information content (AvgIpc) is 2.99. The molecule has 0 aliphatic rings. The van der Waals surface area contributed by atoms with Crippen LogP contribution in [0.15, 0.2) is 44.2 Å². The van der Waals surface area contributed by atoms with Crippen molar-refractivity contribution in [1.82, 2.24) is 0 Å². The van der Waals surface area contributed by atoms with Crippen LogP contribution >= 0.6 is 0 Å². The molecule has 0 radical (unpaired) electrons. The first-order valence-corrected chi connectivity index (χ1v) is 7.22. The normalized spacial score (nSPS) is 13.6. The number of aliphatic hydroxyl groups is 1. The predicted octanol–water partition coefficient (Wildman–Crippen LogP) is 2.70. The van der Waals surface area contributed by atoms with Crippen LogP contribution in [0.2, 0.25) is 0 Å². The zero-order valence-corrected chi connectivity index (χ0v) is 13.2. The van der Waals surface area contributed by atoms with E-state index in [1.807, 2.05) is 6.07 Å². The van der Waals surface area contributed by atoms with Crippen LogP contribution in [0.5, 0.6) is 5.75 Å². The molecule has 1 aromatic carbocycles. The summed E-state index contributed by atoms with van der Waals surface area (Å²) in [7, 11) is 1.52. The van der Waals surface area contributed by atoms with Gasteiger partial charge in [0, 0.05) is 23.9 Å². The minimum Gasteiger partial charge on any atom is -0.483 e. The first-order valence-electron chi connectivity index (χ1n) is 7.22. The van der Waals surface area contributed by atoms with Gasteiger partial charge in [-0.1, -0.05) is 0 Å². The highest BCUT2D eigenvalue weighted by atomic mass is 16.5. The van der Waals surface area contributed by atoms with E-state index in [9.17, 15) is 9.90 Å². The van der Waals surface area contributed by atoms with Crippen molar-refractivity contribution in [1.29, 1.82) is 0 Å². The Labute approximate surface area is 132 Å². The number of fused-ring (bicyclic) bond motifs is 2. The van der Waals surface area contributed by atoms with E-state index in [4.69, 9.17) is 18.3 Å². The standard InChI is InChI=1S/C17H18O6/c1-17(2,20-3)12(18)9-22-16-14-11(6-7-21-14)8-10-4-5-13(19)23-15(10)16/h4-8,12,18H,9H2,1-3H3. The molecule has 0 fully saturated rings. The summed E-state index contributed by atoms with van der Waals surface area (Å²) >= 11 is 0. The maximum Gasteiger partial charge on any atom is 0.336 e. The van der Waals surface area contributed by atoms with Crippen LogP contribution in [0.3, 0.4) is 0 Å². The number of hydrogen-bond acceptors (Lipinski definition) is 6. The fraction of sp³-hybridized carbons (Fsp3) is 0.353. The fourth-order valence-electron chi connectivity index (χ4n) is 2.24.